The number of rotatable bonds is 4. The molecule has 2 aromatic rings. The first kappa shape index (κ1) is 14.3. The van der Waals surface area contributed by atoms with E-state index >= 15 is 0 Å². The molecule has 0 aliphatic carbocycles. The summed E-state index contributed by atoms with van der Waals surface area (Å²) >= 11 is 0. The summed E-state index contributed by atoms with van der Waals surface area (Å²) in [4.78, 5) is 21.7. The normalized spacial score (nSPS) is 10.5. The SMILES string of the molecule is O=C(N/N=C\c1cccc(F)c1)c1ccc([N+](=O)[O-])cc1. The lowest BCUT2D eigenvalue weighted by molar-refractivity contribution is -0.384. The number of hydrogen-bond donors (Lipinski definition) is 1. The van der Waals surface area contributed by atoms with Crippen molar-refractivity contribution in [2.45, 2.75) is 0 Å². The second-order valence-corrected chi connectivity index (χ2v) is 4.06. The maximum Gasteiger partial charge on any atom is 0.271 e. The van der Waals surface area contributed by atoms with Gasteiger partial charge in [-0.2, -0.15) is 5.10 Å². The molecule has 0 bridgehead atoms. The van der Waals surface area contributed by atoms with E-state index in [0.717, 1.165) is 0 Å². The predicted molar refractivity (Wildman–Crippen MR) is 74.6 cm³/mol. The van der Waals surface area contributed by atoms with Crippen LogP contribution in [0.5, 0.6) is 0 Å². The topological polar surface area (TPSA) is 84.6 Å². The van der Waals surface area contributed by atoms with Crippen LogP contribution in [-0.4, -0.2) is 17.0 Å². The van der Waals surface area contributed by atoms with Crippen LogP contribution in [0, 0.1) is 15.9 Å². The molecule has 0 unspecified atom stereocenters. The number of benzene rings is 2. The Morgan fingerprint density at radius 3 is 2.57 bits per heavy atom. The summed E-state index contributed by atoms with van der Waals surface area (Å²) in [5.74, 6) is -0.918. The number of non-ortho nitro benzene ring substituents is 1. The van der Waals surface area contributed by atoms with E-state index in [1.807, 2.05) is 0 Å². The third-order valence-electron chi connectivity index (χ3n) is 2.57. The fourth-order valence-electron chi connectivity index (χ4n) is 1.55. The Morgan fingerprint density at radius 1 is 1.24 bits per heavy atom. The Balaban J connectivity index is 2.00. The average Bonchev–Trinajstić information content (AvgIpc) is 2.47. The Morgan fingerprint density at radius 2 is 1.95 bits per heavy atom. The predicted octanol–water partition coefficient (Wildman–Crippen LogP) is 2.50. The molecule has 1 N–H and O–H groups in total. The molecule has 6 nitrogen and oxygen atoms in total. The highest BCUT2D eigenvalue weighted by Crippen LogP contribution is 2.11. The van der Waals surface area contributed by atoms with E-state index in [-0.39, 0.29) is 11.3 Å². The van der Waals surface area contributed by atoms with Crippen LogP contribution >= 0.6 is 0 Å². The molecule has 0 saturated carbocycles. The zero-order valence-electron chi connectivity index (χ0n) is 10.7. The third-order valence-corrected chi connectivity index (χ3v) is 2.57. The Hall–Kier alpha value is -3.09. The van der Waals surface area contributed by atoms with Crippen LogP contribution in [0.4, 0.5) is 10.1 Å². The molecule has 0 aliphatic rings. The first-order valence-electron chi connectivity index (χ1n) is 5.90. The van der Waals surface area contributed by atoms with Crippen molar-refractivity contribution in [1.82, 2.24) is 5.43 Å². The Kier molecular flexibility index (Phi) is 4.35. The van der Waals surface area contributed by atoms with Crippen molar-refractivity contribution in [3.05, 3.63) is 75.6 Å². The van der Waals surface area contributed by atoms with Crippen LogP contribution < -0.4 is 5.43 Å². The number of carbonyl (C=O) groups excluding carboxylic acids is 1. The Labute approximate surface area is 119 Å². The second kappa shape index (κ2) is 6.38. The van der Waals surface area contributed by atoms with Crippen LogP contribution in [-0.2, 0) is 0 Å². The number of carbonyl (C=O) groups is 1. The van der Waals surface area contributed by atoms with Gasteiger partial charge in [0.05, 0.1) is 11.1 Å². The zero-order chi connectivity index (χ0) is 15.2. The molecule has 0 radical (unpaired) electrons. The van der Waals surface area contributed by atoms with Crippen molar-refractivity contribution in [3.63, 3.8) is 0 Å². The average molecular weight is 287 g/mol. The zero-order valence-corrected chi connectivity index (χ0v) is 10.7. The van der Waals surface area contributed by atoms with Gasteiger partial charge in [-0.15, -0.1) is 0 Å². The van der Waals surface area contributed by atoms with E-state index in [1.54, 1.807) is 6.07 Å². The van der Waals surface area contributed by atoms with Crippen LogP contribution in [0.25, 0.3) is 0 Å². The molecule has 0 fully saturated rings. The molecular formula is C14H10FN3O3. The molecular weight excluding hydrogens is 277 g/mol. The summed E-state index contributed by atoms with van der Waals surface area (Å²) in [5.41, 5.74) is 2.88. The minimum Gasteiger partial charge on any atom is -0.267 e. The number of hydrogen-bond acceptors (Lipinski definition) is 4. The highest BCUT2D eigenvalue weighted by atomic mass is 19.1. The second-order valence-electron chi connectivity index (χ2n) is 4.06. The summed E-state index contributed by atoms with van der Waals surface area (Å²) in [6, 6.07) is 10.8. The standard InChI is InChI=1S/C14H10FN3O3/c15-12-3-1-2-10(8-12)9-16-17-14(19)11-4-6-13(7-5-11)18(20)21/h1-9H,(H,17,19)/b16-9-. The van der Waals surface area contributed by atoms with E-state index < -0.39 is 16.6 Å². The van der Waals surface area contributed by atoms with Crippen LogP contribution in [0.2, 0.25) is 0 Å². The summed E-state index contributed by atoms with van der Waals surface area (Å²) in [7, 11) is 0. The van der Waals surface area contributed by atoms with Gasteiger partial charge in [-0.1, -0.05) is 12.1 Å². The summed E-state index contributed by atoms with van der Waals surface area (Å²) in [6.45, 7) is 0. The summed E-state index contributed by atoms with van der Waals surface area (Å²) in [6.07, 6.45) is 1.30. The lowest BCUT2D eigenvalue weighted by Crippen LogP contribution is -2.17. The molecule has 2 rings (SSSR count). The number of hydrazone groups is 1. The monoisotopic (exact) mass is 287 g/mol. The quantitative estimate of drug-likeness (QED) is 0.532. The van der Waals surface area contributed by atoms with E-state index in [4.69, 9.17) is 0 Å². The van der Waals surface area contributed by atoms with Gasteiger partial charge in [0, 0.05) is 17.7 Å². The fraction of sp³-hybridized carbons (Fsp3) is 0. The first-order valence-corrected chi connectivity index (χ1v) is 5.90. The van der Waals surface area contributed by atoms with E-state index in [2.05, 4.69) is 10.5 Å². The van der Waals surface area contributed by atoms with Crippen molar-refractivity contribution >= 4 is 17.8 Å². The molecule has 0 aliphatic heterocycles. The maximum atomic E-state index is 12.9. The van der Waals surface area contributed by atoms with E-state index in [1.165, 1.54) is 48.7 Å². The molecule has 1 amide bonds. The van der Waals surface area contributed by atoms with Gasteiger partial charge in [-0.3, -0.25) is 14.9 Å². The Bertz CT molecular complexity index is 699. The lowest BCUT2D eigenvalue weighted by Gasteiger charge is -1.99. The number of nitrogens with one attached hydrogen (secondary N) is 1. The molecule has 21 heavy (non-hydrogen) atoms. The number of nitro groups is 1. The third kappa shape index (κ3) is 3.93. The summed E-state index contributed by atoms with van der Waals surface area (Å²) in [5, 5.41) is 14.2. The molecule has 0 atom stereocenters. The smallest absolute Gasteiger partial charge is 0.267 e. The maximum absolute atomic E-state index is 12.9. The first-order chi connectivity index (χ1) is 10.1. The fourth-order valence-corrected chi connectivity index (χ4v) is 1.55. The number of amides is 1. The van der Waals surface area contributed by atoms with E-state index in [9.17, 15) is 19.3 Å². The summed E-state index contributed by atoms with van der Waals surface area (Å²) < 4.78 is 12.9. The minimum absolute atomic E-state index is 0.102. The van der Waals surface area contributed by atoms with Gasteiger partial charge in [0.1, 0.15) is 5.82 Å². The van der Waals surface area contributed by atoms with Gasteiger partial charge in [-0.05, 0) is 29.8 Å². The highest BCUT2D eigenvalue weighted by molar-refractivity contribution is 5.95. The van der Waals surface area contributed by atoms with Gasteiger partial charge in [-0.25, -0.2) is 9.82 Å². The van der Waals surface area contributed by atoms with Crippen molar-refractivity contribution < 1.29 is 14.1 Å². The van der Waals surface area contributed by atoms with Crippen molar-refractivity contribution in [3.8, 4) is 0 Å². The number of nitro benzene ring substituents is 1. The van der Waals surface area contributed by atoms with Crippen molar-refractivity contribution in [1.29, 1.82) is 0 Å². The molecule has 2 aromatic carbocycles. The molecule has 7 heteroatoms. The van der Waals surface area contributed by atoms with Gasteiger partial charge in [0.15, 0.2) is 0 Å². The molecule has 0 aromatic heterocycles. The van der Waals surface area contributed by atoms with Crippen LogP contribution in [0.3, 0.4) is 0 Å². The van der Waals surface area contributed by atoms with Crippen LogP contribution in [0.15, 0.2) is 53.6 Å². The number of halogens is 1. The minimum atomic E-state index is -0.552. The molecule has 0 spiro atoms. The molecule has 0 heterocycles. The molecule has 106 valence electrons. The molecule has 0 saturated heterocycles. The van der Waals surface area contributed by atoms with Crippen LogP contribution in [0.1, 0.15) is 15.9 Å². The number of nitrogens with zero attached hydrogens (tertiary/aromatic N) is 2. The highest BCUT2D eigenvalue weighted by Gasteiger charge is 2.08. The van der Waals surface area contributed by atoms with Gasteiger partial charge in [0.25, 0.3) is 11.6 Å². The van der Waals surface area contributed by atoms with Crippen molar-refractivity contribution in [2.75, 3.05) is 0 Å². The van der Waals surface area contributed by atoms with Gasteiger partial charge < -0.3 is 0 Å². The lowest BCUT2D eigenvalue weighted by atomic mass is 10.2. The van der Waals surface area contributed by atoms with E-state index in [0.29, 0.717) is 5.56 Å². The van der Waals surface area contributed by atoms with Gasteiger partial charge >= 0.3 is 0 Å². The largest absolute Gasteiger partial charge is 0.271 e. The van der Waals surface area contributed by atoms with Crippen molar-refractivity contribution in [2.24, 2.45) is 5.10 Å². The van der Waals surface area contributed by atoms with Gasteiger partial charge in [0.2, 0.25) is 0 Å².